The molecule has 1 saturated heterocycles. The lowest BCUT2D eigenvalue weighted by atomic mass is 10.2. The van der Waals surface area contributed by atoms with E-state index >= 15 is 0 Å². The van der Waals surface area contributed by atoms with E-state index in [-0.39, 0.29) is 17.5 Å². The van der Waals surface area contributed by atoms with E-state index in [1.54, 1.807) is 29.4 Å². The number of hydrogen-bond donors (Lipinski definition) is 0. The first-order valence-corrected chi connectivity index (χ1v) is 8.64. The van der Waals surface area contributed by atoms with Gasteiger partial charge in [-0.25, -0.2) is 4.98 Å². The van der Waals surface area contributed by atoms with Crippen molar-refractivity contribution in [1.29, 1.82) is 0 Å². The Morgan fingerprint density at radius 2 is 2.05 bits per heavy atom. The minimum absolute atomic E-state index is 0.00123. The topological polar surface area (TPSA) is 55.2 Å². The van der Waals surface area contributed by atoms with Crippen LogP contribution in [0, 0.1) is 6.92 Å². The molecule has 0 aliphatic carbocycles. The zero-order valence-corrected chi connectivity index (χ0v) is 13.2. The van der Waals surface area contributed by atoms with Crippen molar-refractivity contribution in [2.45, 2.75) is 50.2 Å². The molecule has 0 N–H and O–H groups in total. The van der Waals surface area contributed by atoms with Gasteiger partial charge in [-0.2, -0.15) is 0 Å². The molecule has 0 radical (unpaired) electrons. The predicted molar refractivity (Wildman–Crippen MR) is 82.7 cm³/mol. The Labute approximate surface area is 128 Å². The van der Waals surface area contributed by atoms with E-state index in [9.17, 15) is 9.59 Å². The van der Waals surface area contributed by atoms with Crippen molar-refractivity contribution >= 4 is 17.7 Å². The Bertz CT molecular complexity index is 591. The summed E-state index contributed by atoms with van der Waals surface area (Å²) in [6, 6.07) is -0.0411. The van der Waals surface area contributed by atoms with Crippen LogP contribution in [-0.2, 0) is 4.79 Å². The van der Waals surface area contributed by atoms with E-state index in [0.29, 0.717) is 12.0 Å². The van der Waals surface area contributed by atoms with Gasteiger partial charge in [0.25, 0.3) is 5.56 Å². The number of thioether (sulfide) groups is 1. The number of aryl methyl sites for hydroxylation is 1. The molecule has 1 amide bonds. The molecule has 3 heterocycles. The van der Waals surface area contributed by atoms with E-state index in [4.69, 9.17) is 0 Å². The third-order valence-electron chi connectivity index (χ3n) is 4.27. The van der Waals surface area contributed by atoms with Crippen LogP contribution in [0.1, 0.15) is 43.7 Å². The van der Waals surface area contributed by atoms with Crippen LogP contribution in [0.25, 0.3) is 0 Å². The molecule has 1 atom stereocenters. The molecule has 1 aromatic heterocycles. The van der Waals surface area contributed by atoms with Gasteiger partial charge in [-0.1, -0.05) is 24.6 Å². The first-order valence-electron chi connectivity index (χ1n) is 7.65. The number of amides is 1. The summed E-state index contributed by atoms with van der Waals surface area (Å²) in [6.45, 7) is 3.51. The van der Waals surface area contributed by atoms with Crippen LogP contribution in [0.15, 0.2) is 16.1 Å². The first kappa shape index (κ1) is 14.6. The number of fused-ring (bicyclic) bond motifs is 1. The molecular formula is C15H21N3O2S. The Kier molecular flexibility index (Phi) is 4.33. The minimum Gasteiger partial charge on any atom is -0.343 e. The molecule has 0 bridgehead atoms. The average Bonchev–Trinajstić information content (AvgIpc) is 2.71. The smallest absolute Gasteiger partial charge is 0.257 e. The molecule has 0 saturated carbocycles. The van der Waals surface area contributed by atoms with Gasteiger partial charge in [-0.05, 0) is 19.8 Å². The molecule has 0 spiro atoms. The van der Waals surface area contributed by atoms with Gasteiger partial charge in [-0.15, -0.1) is 0 Å². The molecule has 1 unspecified atom stereocenters. The monoisotopic (exact) mass is 307 g/mol. The van der Waals surface area contributed by atoms with Gasteiger partial charge in [0.1, 0.15) is 0 Å². The van der Waals surface area contributed by atoms with Gasteiger partial charge < -0.3 is 4.90 Å². The standard InChI is InChI=1S/C15H21N3O2S/c1-11-9-16-15-18(14(11)20)12(10-21-15)8-13(19)17-6-4-2-3-5-7-17/h9,12H,2-8,10H2,1H3. The van der Waals surface area contributed by atoms with E-state index < -0.39 is 0 Å². The van der Waals surface area contributed by atoms with Gasteiger partial charge in [-0.3, -0.25) is 14.2 Å². The van der Waals surface area contributed by atoms with Crippen molar-refractivity contribution in [3.8, 4) is 0 Å². The van der Waals surface area contributed by atoms with E-state index in [1.165, 1.54) is 12.8 Å². The first-order chi connectivity index (χ1) is 10.2. The number of carbonyl (C=O) groups excluding carboxylic acids is 1. The van der Waals surface area contributed by atoms with Crippen LogP contribution in [0.4, 0.5) is 0 Å². The highest BCUT2D eigenvalue weighted by Gasteiger charge is 2.29. The van der Waals surface area contributed by atoms with Gasteiger partial charge in [0.2, 0.25) is 5.91 Å². The van der Waals surface area contributed by atoms with Gasteiger partial charge in [0.15, 0.2) is 5.16 Å². The quantitative estimate of drug-likeness (QED) is 0.784. The van der Waals surface area contributed by atoms with Crippen LogP contribution in [-0.4, -0.2) is 39.2 Å². The summed E-state index contributed by atoms with van der Waals surface area (Å²) in [4.78, 5) is 31.0. The Morgan fingerprint density at radius 3 is 2.76 bits per heavy atom. The molecule has 1 fully saturated rings. The lowest BCUT2D eigenvalue weighted by Gasteiger charge is -2.22. The summed E-state index contributed by atoms with van der Waals surface area (Å²) in [7, 11) is 0. The summed E-state index contributed by atoms with van der Waals surface area (Å²) in [5.74, 6) is 0.953. The third kappa shape index (κ3) is 3.00. The average molecular weight is 307 g/mol. The number of carbonyl (C=O) groups is 1. The molecule has 5 nitrogen and oxygen atoms in total. The Balaban J connectivity index is 1.74. The maximum atomic E-state index is 12.5. The van der Waals surface area contributed by atoms with Crippen molar-refractivity contribution in [3.05, 3.63) is 22.1 Å². The van der Waals surface area contributed by atoms with E-state index in [0.717, 1.165) is 36.8 Å². The number of rotatable bonds is 2. The second kappa shape index (κ2) is 6.22. The maximum Gasteiger partial charge on any atom is 0.257 e. The highest BCUT2D eigenvalue weighted by atomic mass is 32.2. The summed E-state index contributed by atoms with van der Waals surface area (Å²) >= 11 is 1.57. The van der Waals surface area contributed by atoms with Gasteiger partial charge in [0, 0.05) is 37.0 Å². The molecule has 0 aromatic carbocycles. The SMILES string of the molecule is Cc1cnc2n(c1=O)C(CC(=O)N1CCCCCC1)CS2. The Hall–Kier alpha value is -1.30. The zero-order valence-electron chi connectivity index (χ0n) is 12.4. The van der Waals surface area contributed by atoms with Crippen molar-refractivity contribution in [1.82, 2.24) is 14.5 Å². The molecule has 3 rings (SSSR count). The summed E-state index contributed by atoms with van der Waals surface area (Å²) < 4.78 is 1.72. The van der Waals surface area contributed by atoms with E-state index in [2.05, 4.69) is 4.98 Å². The second-order valence-electron chi connectivity index (χ2n) is 5.86. The van der Waals surface area contributed by atoms with Crippen LogP contribution < -0.4 is 5.56 Å². The van der Waals surface area contributed by atoms with Crippen LogP contribution in [0.5, 0.6) is 0 Å². The molecule has 6 heteroatoms. The number of nitrogens with zero attached hydrogens (tertiary/aromatic N) is 3. The number of aromatic nitrogens is 2. The fourth-order valence-corrected chi connectivity index (χ4v) is 4.13. The fourth-order valence-electron chi connectivity index (χ4n) is 3.02. The lowest BCUT2D eigenvalue weighted by Crippen LogP contribution is -2.35. The second-order valence-corrected chi connectivity index (χ2v) is 6.85. The molecule has 2 aliphatic rings. The molecule has 2 aliphatic heterocycles. The summed E-state index contributed by atoms with van der Waals surface area (Å²) in [5.41, 5.74) is 0.645. The molecule has 21 heavy (non-hydrogen) atoms. The maximum absolute atomic E-state index is 12.5. The molecule has 114 valence electrons. The molecule has 1 aromatic rings. The molecular weight excluding hydrogens is 286 g/mol. The van der Waals surface area contributed by atoms with Crippen molar-refractivity contribution in [2.24, 2.45) is 0 Å². The summed E-state index contributed by atoms with van der Waals surface area (Å²) in [5, 5.41) is 0.749. The number of hydrogen-bond acceptors (Lipinski definition) is 4. The van der Waals surface area contributed by atoms with Crippen molar-refractivity contribution < 1.29 is 4.79 Å². The van der Waals surface area contributed by atoms with Crippen LogP contribution >= 0.6 is 11.8 Å². The largest absolute Gasteiger partial charge is 0.343 e. The lowest BCUT2D eigenvalue weighted by molar-refractivity contribution is -0.131. The van der Waals surface area contributed by atoms with Crippen molar-refractivity contribution in [3.63, 3.8) is 0 Å². The van der Waals surface area contributed by atoms with Crippen molar-refractivity contribution in [2.75, 3.05) is 18.8 Å². The normalized spacial score (nSPS) is 22.0. The Morgan fingerprint density at radius 1 is 1.33 bits per heavy atom. The highest BCUT2D eigenvalue weighted by Crippen LogP contribution is 2.32. The summed E-state index contributed by atoms with van der Waals surface area (Å²) in [6.07, 6.45) is 6.68. The minimum atomic E-state index is -0.0411. The zero-order chi connectivity index (χ0) is 14.8. The van der Waals surface area contributed by atoms with Crippen LogP contribution in [0.2, 0.25) is 0 Å². The predicted octanol–water partition coefficient (Wildman–Crippen LogP) is 1.99. The fraction of sp³-hybridized carbons (Fsp3) is 0.667. The van der Waals surface area contributed by atoms with E-state index in [1.807, 2.05) is 4.90 Å². The van der Waals surface area contributed by atoms with Gasteiger partial charge in [0.05, 0.1) is 6.04 Å². The van der Waals surface area contributed by atoms with Crippen LogP contribution in [0.3, 0.4) is 0 Å². The van der Waals surface area contributed by atoms with Gasteiger partial charge >= 0.3 is 0 Å². The highest BCUT2D eigenvalue weighted by molar-refractivity contribution is 7.99. The third-order valence-corrected chi connectivity index (χ3v) is 5.38. The number of likely N-dealkylation sites (tertiary alicyclic amines) is 1.